The summed E-state index contributed by atoms with van der Waals surface area (Å²) in [4.78, 5) is 15.6. The molecule has 1 atom stereocenters. The first-order chi connectivity index (χ1) is 7.01. The van der Waals surface area contributed by atoms with E-state index in [1.807, 2.05) is 12.3 Å². The molecule has 0 aromatic heterocycles. The van der Waals surface area contributed by atoms with Gasteiger partial charge in [0.2, 0.25) is 5.91 Å². The van der Waals surface area contributed by atoms with Crippen molar-refractivity contribution in [2.24, 2.45) is 16.3 Å². The number of hydrogen-bond donors (Lipinski definition) is 1. The molecule has 0 radical (unpaired) electrons. The number of hydrogen-bond acceptors (Lipinski definition) is 2. The Balaban J connectivity index is 2.30. The highest BCUT2D eigenvalue weighted by Crippen LogP contribution is 2.31. The summed E-state index contributed by atoms with van der Waals surface area (Å²) in [5.41, 5.74) is 1.70. The van der Waals surface area contributed by atoms with Crippen LogP contribution in [0.15, 0.2) is 28.5 Å². The van der Waals surface area contributed by atoms with Gasteiger partial charge in [-0.2, -0.15) is 0 Å². The fourth-order valence-electron chi connectivity index (χ4n) is 1.63. The van der Waals surface area contributed by atoms with Gasteiger partial charge in [0.1, 0.15) is 0 Å². The summed E-state index contributed by atoms with van der Waals surface area (Å²) in [5, 5.41) is 2.81. The second kappa shape index (κ2) is 3.33. The summed E-state index contributed by atoms with van der Waals surface area (Å²) in [6, 6.07) is 0. The van der Waals surface area contributed by atoms with E-state index in [4.69, 9.17) is 0 Å². The highest BCUT2D eigenvalue weighted by molar-refractivity contribution is 5.86. The molecule has 0 saturated carbocycles. The number of carbonyl (C=O) groups excluding carboxylic acids is 1. The maximum atomic E-state index is 11.2. The molecule has 3 heteroatoms. The minimum atomic E-state index is -0.0188. The van der Waals surface area contributed by atoms with E-state index in [0.717, 1.165) is 11.4 Å². The zero-order chi connectivity index (χ0) is 11.1. The van der Waals surface area contributed by atoms with Gasteiger partial charge in [-0.3, -0.25) is 9.79 Å². The standard InChI is InChI=1S/C12H16N2O/c1-8(2)12(3)5-4-9-10(13-7-12)6-11(15)14-9/h4-5,7-8H,6H2,1-3H3,(H,14,15). The monoisotopic (exact) mass is 204 g/mol. The predicted octanol–water partition coefficient (Wildman–Crippen LogP) is 2.02. The molecule has 2 heterocycles. The van der Waals surface area contributed by atoms with Crippen LogP contribution in [0, 0.1) is 11.3 Å². The van der Waals surface area contributed by atoms with Crippen LogP contribution in [0.25, 0.3) is 0 Å². The van der Waals surface area contributed by atoms with Crippen molar-refractivity contribution in [1.82, 2.24) is 5.32 Å². The molecule has 15 heavy (non-hydrogen) atoms. The summed E-state index contributed by atoms with van der Waals surface area (Å²) >= 11 is 0. The van der Waals surface area contributed by atoms with Gasteiger partial charge in [-0.05, 0) is 12.0 Å². The molecule has 1 unspecified atom stereocenters. The maximum absolute atomic E-state index is 11.2. The highest BCUT2D eigenvalue weighted by Gasteiger charge is 2.27. The van der Waals surface area contributed by atoms with E-state index in [-0.39, 0.29) is 11.3 Å². The zero-order valence-electron chi connectivity index (χ0n) is 9.37. The lowest BCUT2D eigenvalue weighted by atomic mass is 9.80. The number of allylic oxidation sites excluding steroid dienone is 2. The van der Waals surface area contributed by atoms with Gasteiger partial charge in [0.05, 0.1) is 17.8 Å². The van der Waals surface area contributed by atoms with Crippen molar-refractivity contribution in [3.63, 3.8) is 0 Å². The van der Waals surface area contributed by atoms with Crippen molar-refractivity contribution in [3.05, 3.63) is 23.5 Å². The topological polar surface area (TPSA) is 41.5 Å². The average Bonchev–Trinajstić information content (AvgIpc) is 2.45. The lowest BCUT2D eigenvalue weighted by Crippen LogP contribution is -2.22. The Bertz CT molecular complexity index is 360. The number of amides is 1. The number of rotatable bonds is 1. The van der Waals surface area contributed by atoms with Crippen molar-refractivity contribution < 1.29 is 4.79 Å². The van der Waals surface area contributed by atoms with Crippen molar-refractivity contribution in [1.29, 1.82) is 0 Å². The van der Waals surface area contributed by atoms with E-state index < -0.39 is 0 Å². The third-order valence-corrected chi connectivity index (χ3v) is 3.26. The van der Waals surface area contributed by atoms with E-state index in [9.17, 15) is 4.79 Å². The van der Waals surface area contributed by atoms with Crippen LogP contribution in [0.3, 0.4) is 0 Å². The molecule has 2 aliphatic heterocycles. The van der Waals surface area contributed by atoms with Crippen LogP contribution in [0.1, 0.15) is 27.2 Å². The molecule has 3 nitrogen and oxygen atoms in total. The van der Waals surface area contributed by atoms with Crippen LogP contribution in [-0.4, -0.2) is 12.1 Å². The fraction of sp³-hybridized carbons (Fsp3) is 0.500. The Hall–Kier alpha value is -1.38. The first-order valence-electron chi connectivity index (χ1n) is 5.29. The van der Waals surface area contributed by atoms with E-state index in [1.54, 1.807) is 0 Å². The second-order valence-corrected chi connectivity index (χ2v) is 4.70. The molecule has 2 aliphatic rings. The summed E-state index contributed by atoms with van der Waals surface area (Å²) in [6.07, 6.45) is 6.46. The normalized spacial score (nSPS) is 29.5. The van der Waals surface area contributed by atoms with Crippen LogP contribution >= 0.6 is 0 Å². The second-order valence-electron chi connectivity index (χ2n) is 4.70. The number of carbonyl (C=O) groups is 1. The van der Waals surface area contributed by atoms with Crippen LogP contribution in [0.5, 0.6) is 0 Å². The molecule has 2 rings (SSSR count). The van der Waals surface area contributed by atoms with E-state index in [2.05, 4.69) is 37.2 Å². The van der Waals surface area contributed by atoms with E-state index >= 15 is 0 Å². The van der Waals surface area contributed by atoms with Crippen molar-refractivity contribution in [2.45, 2.75) is 27.2 Å². The lowest BCUT2D eigenvalue weighted by molar-refractivity contribution is -0.118. The summed E-state index contributed by atoms with van der Waals surface area (Å²) in [7, 11) is 0. The number of nitrogens with zero attached hydrogens (tertiary/aromatic N) is 1. The highest BCUT2D eigenvalue weighted by atomic mass is 16.1. The maximum Gasteiger partial charge on any atom is 0.230 e. The quantitative estimate of drug-likeness (QED) is 0.697. The molecule has 0 saturated heterocycles. The summed E-state index contributed by atoms with van der Waals surface area (Å²) < 4.78 is 0. The smallest absolute Gasteiger partial charge is 0.230 e. The molecule has 0 bridgehead atoms. The van der Waals surface area contributed by atoms with Gasteiger partial charge in [0.15, 0.2) is 0 Å². The molecule has 0 aliphatic carbocycles. The van der Waals surface area contributed by atoms with Gasteiger partial charge >= 0.3 is 0 Å². The lowest BCUT2D eigenvalue weighted by Gasteiger charge is -2.25. The van der Waals surface area contributed by atoms with Crippen LogP contribution in [0.2, 0.25) is 0 Å². The molecule has 80 valence electrons. The fourth-order valence-corrected chi connectivity index (χ4v) is 1.63. The zero-order valence-corrected chi connectivity index (χ0v) is 9.37. The Morgan fingerprint density at radius 1 is 1.53 bits per heavy atom. The average molecular weight is 204 g/mol. The van der Waals surface area contributed by atoms with Gasteiger partial charge in [0.25, 0.3) is 0 Å². The van der Waals surface area contributed by atoms with Gasteiger partial charge in [-0.15, -0.1) is 0 Å². The summed E-state index contributed by atoms with van der Waals surface area (Å²) in [5.74, 6) is 0.531. The van der Waals surface area contributed by atoms with Crippen molar-refractivity contribution >= 4 is 12.1 Å². The van der Waals surface area contributed by atoms with Gasteiger partial charge in [0, 0.05) is 11.6 Å². The van der Waals surface area contributed by atoms with E-state index in [0.29, 0.717) is 12.3 Å². The molecule has 1 N–H and O–H groups in total. The SMILES string of the molecule is CC(C)C1(C)C=CC2=C(CC(=O)N2)N=C1. The van der Waals surface area contributed by atoms with Gasteiger partial charge in [-0.1, -0.05) is 26.8 Å². The van der Waals surface area contributed by atoms with Crippen LogP contribution < -0.4 is 5.32 Å². The molecule has 0 fully saturated rings. The molecule has 0 aromatic carbocycles. The number of aliphatic imine (C=N–C) groups is 1. The third-order valence-electron chi connectivity index (χ3n) is 3.26. The molecule has 0 aromatic rings. The third kappa shape index (κ3) is 1.74. The van der Waals surface area contributed by atoms with Crippen LogP contribution in [-0.2, 0) is 4.79 Å². The van der Waals surface area contributed by atoms with Crippen molar-refractivity contribution in [3.8, 4) is 0 Å². The Labute approximate surface area is 90.0 Å². The molecular weight excluding hydrogens is 188 g/mol. The Morgan fingerprint density at radius 3 is 2.93 bits per heavy atom. The first-order valence-corrected chi connectivity index (χ1v) is 5.29. The van der Waals surface area contributed by atoms with Gasteiger partial charge < -0.3 is 5.32 Å². The van der Waals surface area contributed by atoms with Crippen LogP contribution in [0.4, 0.5) is 0 Å². The minimum Gasteiger partial charge on any atom is -0.324 e. The molecule has 0 spiro atoms. The Morgan fingerprint density at radius 2 is 2.27 bits per heavy atom. The largest absolute Gasteiger partial charge is 0.324 e. The Kier molecular flexibility index (Phi) is 2.25. The minimum absolute atomic E-state index is 0.0188. The predicted molar refractivity (Wildman–Crippen MR) is 60.4 cm³/mol. The molecule has 1 amide bonds. The molecular formula is C12H16N2O. The van der Waals surface area contributed by atoms with Gasteiger partial charge in [-0.25, -0.2) is 0 Å². The van der Waals surface area contributed by atoms with E-state index in [1.165, 1.54) is 0 Å². The first kappa shape index (κ1) is 10.1. The summed E-state index contributed by atoms with van der Waals surface area (Å²) in [6.45, 7) is 6.50. The van der Waals surface area contributed by atoms with Crippen molar-refractivity contribution in [2.75, 3.05) is 0 Å². The number of nitrogens with one attached hydrogen (secondary N) is 1.